The molecule has 0 aromatic heterocycles. The maximum Gasteiger partial charge on any atom is 0.326 e. The van der Waals surface area contributed by atoms with Gasteiger partial charge in [0, 0.05) is 17.9 Å². The maximum absolute atomic E-state index is 12.3. The molecule has 12 nitrogen and oxygen atoms in total. The lowest BCUT2D eigenvalue weighted by Crippen LogP contribution is -2.58. The van der Waals surface area contributed by atoms with Crippen molar-refractivity contribution in [1.29, 1.82) is 0 Å². The third kappa shape index (κ3) is 9.25. The Bertz CT molecular complexity index is 592. The number of hydrogen-bond donors (Lipinski definition) is 9. The fraction of sp³-hybridized carbons (Fsp3) is 0.643. The molecule has 9 N–H and O–H groups in total. The lowest BCUT2D eigenvalue weighted by Gasteiger charge is -2.23. The van der Waals surface area contributed by atoms with Crippen LogP contribution >= 0.6 is 25.3 Å². The van der Waals surface area contributed by atoms with E-state index in [1.165, 1.54) is 0 Å². The molecule has 160 valence electrons. The average Bonchev–Trinajstić information content (AvgIpc) is 2.65. The van der Waals surface area contributed by atoms with Crippen LogP contribution in [0.5, 0.6) is 0 Å². The fourth-order valence-corrected chi connectivity index (χ4v) is 2.35. The summed E-state index contributed by atoms with van der Waals surface area (Å²) in [5, 5.41) is 24.7. The number of carbonyl (C=O) groups excluding carboxylic acids is 4. The molecule has 0 saturated carbocycles. The number of rotatable bonds is 13. The largest absolute Gasteiger partial charge is 0.480 e. The molecule has 0 heterocycles. The molecule has 0 aliphatic carbocycles. The third-order valence-corrected chi connectivity index (χ3v) is 4.19. The second kappa shape index (κ2) is 13.2. The van der Waals surface area contributed by atoms with Gasteiger partial charge in [0.1, 0.15) is 24.2 Å². The molecule has 0 aliphatic heterocycles. The number of carboxylic acids is 1. The molecule has 0 aliphatic rings. The predicted molar refractivity (Wildman–Crippen MR) is 105 cm³/mol. The number of carboxylic acid groups (broad SMARTS) is 1. The summed E-state index contributed by atoms with van der Waals surface area (Å²) in [6.07, 6.45) is -0.480. The van der Waals surface area contributed by atoms with Crippen LogP contribution in [0, 0.1) is 0 Å². The first-order valence-electron chi connectivity index (χ1n) is 8.07. The lowest BCUT2D eigenvalue weighted by atomic mass is 10.1. The summed E-state index contributed by atoms with van der Waals surface area (Å²) in [7, 11) is 0. The number of primary amides is 1. The van der Waals surface area contributed by atoms with Gasteiger partial charge in [-0.05, 0) is 6.42 Å². The van der Waals surface area contributed by atoms with Gasteiger partial charge in [0.25, 0.3) is 0 Å². The van der Waals surface area contributed by atoms with Crippen LogP contribution in [-0.2, 0) is 24.0 Å². The molecule has 4 amide bonds. The quantitative estimate of drug-likeness (QED) is 0.128. The van der Waals surface area contributed by atoms with Crippen molar-refractivity contribution in [3.63, 3.8) is 0 Å². The van der Waals surface area contributed by atoms with Crippen molar-refractivity contribution >= 4 is 54.9 Å². The number of aliphatic hydroxyl groups excluding tert-OH is 1. The van der Waals surface area contributed by atoms with Gasteiger partial charge in [0.2, 0.25) is 23.6 Å². The number of hydrogen-bond acceptors (Lipinski definition) is 9. The summed E-state index contributed by atoms with van der Waals surface area (Å²) in [6.45, 7) is -0.629. The number of carbonyl (C=O) groups is 5. The van der Waals surface area contributed by atoms with Crippen molar-refractivity contribution in [1.82, 2.24) is 16.0 Å². The van der Waals surface area contributed by atoms with Gasteiger partial charge in [-0.15, -0.1) is 0 Å². The maximum atomic E-state index is 12.3. The zero-order valence-electron chi connectivity index (χ0n) is 14.8. The summed E-state index contributed by atoms with van der Waals surface area (Å²) >= 11 is 7.89. The highest BCUT2D eigenvalue weighted by atomic mass is 32.1. The molecule has 14 heteroatoms. The second-order valence-corrected chi connectivity index (χ2v) is 6.41. The van der Waals surface area contributed by atoms with Crippen LogP contribution in [-0.4, -0.2) is 82.1 Å². The van der Waals surface area contributed by atoms with Crippen molar-refractivity contribution < 1.29 is 34.2 Å². The van der Waals surface area contributed by atoms with Crippen LogP contribution < -0.4 is 27.4 Å². The highest BCUT2D eigenvalue weighted by Crippen LogP contribution is 2.00. The molecule has 28 heavy (non-hydrogen) atoms. The number of thiol groups is 2. The minimum Gasteiger partial charge on any atom is -0.480 e. The van der Waals surface area contributed by atoms with Crippen LogP contribution in [0.3, 0.4) is 0 Å². The predicted octanol–water partition coefficient (Wildman–Crippen LogP) is -4.03. The Morgan fingerprint density at radius 2 is 1.29 bits per heavy atom. The van der Waals surface area contributed by atoms with E-state index < -0.39 is 60.4 Å². The van der Waals surface area contributed by atoms with Crippen LogP contribution in [0.4, 0.5) is 0 Å². The summed E-state index contributed by atoms with van der Waals surface area (Å²) in [4.78, 5) is 58.2. The SMILES string of the molecule is NC(=O)CCC(NC(=O)C(CS)NC(=O)C(CS)NC(=O)C(N)CO)C(=O)O. The summed E-state index contributed by atoms with van der Waals surface area (Å²) in [5.41, 5.74) is 10.3. The second-order valence-electron chi connectivity index (χ2n) is 5.68. The molecule has 0 fully saturated rings. The van der Waals surface area contributed by atoms with E-state index in [2.05, 4.69) is 41.2 Å². The Morgan fingerprint density at radius 3 is 1.64 bits per heavy atom. The van der Waals surface area contributed by atoms with Gasteiger partial charge >= 0.3 is 5.97 Å². The fourth-order valence-electron chi connectivity index (χ4n) is 1.84. The highest BCUT2D eigenvalue weighted by molar-refractivity contribution is 7.80. The zero-order chi connectivity index (χ0) is 21.9. The third-order valence-electron chi connectivity index (χ3n) is 3.46. The molecular weight excluding hydrogens is 414 g/mol. The Balaban J connectivity index is 4.96. The normalized spacial score (nSPS) is 14.9. The monoisotopic (exact) mass is 439 g/mol. The molecule has 0 saturated heterocycles. The molecule has 4 unspecified atom stereocenters. The van der Waals surface area contributed by atoms with Crippen LogP contribution in [0.1, 0.15) is 12.8 Å². The van der Waals surface area contributed by atoms with Gasteiger partial charge in [-0.1, -0.05) is 0 Å². The molecule has 0 aromatic carbocycles. The van der Waals surface area contributed by atoms with Crippen LogP contribution in [0.15, 0.2) is 0 Å². The lowest BCUT2D eigenvalue weighted by molar-refractivity contribution is -0.142. The van der Waals surface area contributed by atoms with E-state index in [4.69, 9.17) is 21.7 Å². The van der Waals surface area contributed by atoms with Crippen molar-refractivity contribution in [2.45, 2.75) is 37.0 Å². The summed E-state index contributed by atoms with van der Waals surface area (Å²) in [6, 6.07) is -5.01. The van der Waals surface area contributed by atoms with Gasteiger partial charge in [0.15, 0.2) is 0 Å². The minimum absolute atomic E-state index is 0.132. The summed E-state index contributed by atoms with van der Waals surface area (Å²) in [5.74, 6) is -4.84. The van der Waals surface area contributed by atoms with Gasteiger partial charge < -0.3 is 37.6 Å². The first kappa shape index (κ1) is 26.0. The van der Waals surface area contributed by atoms with E-state index in [0.717, 1.165) is 0 Å². The van der Waals surface area contributed by atoms with E-state index in [-0.39, 0.29) is 24.3 Å². The number of aliphatic carboxylic acids is 1. The first-order valence-corrected chi connectivity index (χ1v) is 9.34. The Hall–Kier alpha value is -2.03. The van der Waals surface area contributed by atoms with Crippen molar-refractivity contribution in [3.8, 4) is 0 Å². The number of amides is 4. The van der Waals surface area contributed by atoms with E-state index in [1.54, 1.807) is 0 Å². The van der Waals surface area contributed by atoms with E-state index in [1.807, 2.05) is 0 Å². The first-order chi connectivity index (χ1) is 13.1. The Kier molecular flexibility index (Phi) is 12.2. The topological polar surface area (TPSA) is 214 Å². The van der Waals surface area contributed by atoms with Gasteiger partial charge in [-0.2, -0.15) is 25.3 Å². The molecule has 4 atom stereocenters. The molecule has 0 bridgehead atoms. The highest BCUT2D eigenvalue weighted by Gasteiger charge is 2.29. The van der Waals surface area contributed by atoms with E-state index in [9.17, 15) is 24.0 Å². The minimum atomic E-state index is -1.39. The van der Waals surface area contributed by atoms with Crippen molar-refractivity contribution in [3.05, 3.63) is 0 Å². The van der Waals surface area contributed by atoms with Gasteiger partial charge in [0.05, 0.1) is 6.61 Å². The van der Waals surface area contributed by atoms with Gasteiger partial charge in [-0.25, -0.2) is 4.79 Å². The van der Waals surface area contributed by atoms with Crippen molar-refractivity contribution in [2.24, 2.45) is 11.5 Å². The van der Waals surface area contributed by atoms with E-state index >= 15 is 0 Å². The molecule has 0 radical (unpaired) electrons. The average molecular weight is 440 g/mol. The van der Waals surface area contributed by atoms with Gasteiger partial charge in [-0.3, -0.25) is 19.2 Å². The number of nitrogens with one attached hydrogen (secondary N) is 3. The standard InChI is InChI=1S/C14H25N5O7S2/c15-6(3-20)11(22)18-8(4-27)13(24)19-9(5-28)12(23)17-7(14(25)26)1-2-10(16)21/h6-9,20,27-28H,1-5,15H2,(H2,16,21)(H,17,23)(H,18,22)(H,19,24)(H,25,26). The summed E-state index contributed by atoms with van der Waals surface area (Å²) < 4.78 is 0. The van der Waals surface area contributed by atoms with Crippen LogP contribution in [0.2, 0.25) is 0 Å². The Labute approximate surface area is 172 Å². The molecular formula is C14H25N5O7S2. The molecule has 0 rings (SSSR count). The Morgan fingerprint density at radius 1 is 0.857 bits per heavy atom. The van der Waals surface area contributed by atoms with E-state index in [0.29, 0.717) is 0 Å². The van der Waals surface area contributed by atoms with Crippen molar-refractivity contribution in [2.75, 3.05) is 18.1 Å². The molecule has 0 aromatic rings. The molecule has 0 spiro atoms. The number of aliphatic hydroxyl groups is 1. The zero-order valence-corrected chi connectivity index (χ0v) is 16.6. The smallest absolute Gasteiger partial charge is 0.326 e. The van der Waals surface area contributed by atoms with Crippen LogP contribution in [0.25, 0.3) is 0 Å². The number of nitrogens with two attached hydrogens (primary N) is 2.